The van der Waals surface area contributed by atoms with Crippen LogP contribution in [-0.4, -0.2) is 19.5 Å². The summed E-state index contributed by atoms with van der Waals surface area (Å²) in [5.41, 5.74) is 17.5. The molecule has 0 fully saturated rings. The van der Waals surface area contributed by atoms with Gasteiger partial charge in [-0.1, -0.05) is 231 Å². The van der Waals surface area contributed by atoms with Gasteiger partial charge in [-0.2, -0.15) is 0 Å². The summed E-state index contributed by atoms with van der Waals surface area (Å²) in [4.78, 5) is 16.1. The molecular weight excluding hydrogens is 917 g/mol. The zero-order valence-corrected chi connectivity index (χ0v) is 40.9. The Kier molecular flexibility index (Phi) is 10.7. The summed E-state index contributed by atoms with van der Waals surface area (Å²) >= 11 is 1.85. The molecule has 14 rings (SSSR count). The van der Waals surface area contributed by atoms with E-state index >= 15 is 0 Å². The van der Waals surface area contributed by atoms with E-state index in [1.165, 1.54) is 42.0 Å². The maximum atomic E-state index is 5.45. The smallest absolute Gasteiger partial charge is 0.164 e. The molecule has 74 heavy (non-hydrogen) atoms. The highest BCUT2D eigenvalue weighted by molar-refractivity contribution is 7.26. The molecule has 3 aromatic heterocycles. The molecule has 0 radical (unpaired) electrons. The van der Waals surface area contributed by atoms with Crippen LogP contribution >= 0.6 is 11.3 Å². The van der Waals surface area contributed by atoms with Crippen molar-refractivity contribution in [2.75, 3.05) is 0 Å². The third kappa shape index (κ3) is 7.49. The zero-order valence-electron chi connectivity index (χ0n) is 40.1. The number of hydrogen-bond acceptors (Lipinski definition) is 4. The van der Waals surface area contributed by atoms with Gasteiger partial charge in [-0.15, -0.1) is 11.3 Å². The molecule has 0 unspecified atom stereocenters. The lowest BCUT2D eigenvalue weighted by Crippen LogP contribution is -2.02. The monoisotopic (exact) mass is 960 g/mol. The Balaban J connectivity index is 1.07. The van der Waals surface area contributed by atoms with Crippen molar-refractivity contribution >= 4 is 53.3 Å². The summed E-state index contributed by atoms with van der Waals surface area (Å²) in [6, 6.07) is 95.5. The van der Waals surface area contributed by atoms with Crippen molar-refractivity contribution in [1.29, 1.82) is 0 Å². The van der Waals surface area contributed by atoms with Crippen LogP contribution in [-0.2, 0) is 0 Å². The number of aromatic nitrogens is 4. The van der Waals surface area contributed by atoms with Gasteiger partial charge in [-0.05, 0) is 86.5 Å². The molecule has 0 bridgehead atoms. The minimum absolute atomic E-state index is 0.600. The number of fused-ring (bicyclic) bond motifs is 6. The summed E-state index contributed by atoms with van der Waals surface area (Å²) in [5.74, 6) is 1.83. The SMILES string of the molecule is c1ccc(-c2nc(-c3ccccc3)nc(-c3cc(-c4c(-c5ccccc5)ccc(-c5ccccc5)c4-c4ccccc4)ccc3-c3cccc4c3sc3cc5c6ccccc6n(-c6ccccc6)c5cc34)n2)cc1. The average Bonchev–Trinajstić information content (AvgIpc) is 4.02. The van der Waals surface area contributed by atoms with E-state index in [1.807, 2.05) is 47.7 Å². The van der Waals surface area contributed by atoms with E-state index in [1.54, 1.807) is 0 Å². The van der Waals surface area contributed by atoms with Crippen molar-refractivity contribution in [2.24, 2.45) is 0 Å². The van der Waals surface area contributed by atoms with Gasteiger partial charge in [0.25, 0.3) is 0 Å². The van der Waals surface area contributed by atoms with Crippen molar-refractivity contribution in [1.82, 2.24) is 19.5 Å². The summed E-state index contributed by atoms with van der Waals surface area (Å²) in [5, 5.41) is 4.92. The van der Waals surface area contributed by atoms with Gasteiger partial charge >= 0.3 is 0 Å². The summed E-state index contributed by atoms with van der Waals surface area (Å²) in [6.45, 7) is 0. The van der Waals surface area contributed by atoms with Crippen LogP contribution in [0.15, 0.2) is 267 Å². The molecule has 0 amide bonds. The van der Waals surface area contributed by atoms with Crippen LogP contribution < -0.4 is 0 Å². The van der Waals surface area contributed by atoms with E-state index in [0.717, 1.165) is 78.0 Å². The molecule has 0 saturated carbocycles. The summed E-state index contributed by atoms with van der Waals surface area (Å²) in [7, 11) is 0. The van der Waals surface area contributed by atoms with Crippen molar-refractivity contribution in [2.45, 2.75) is 0 Å². The Bertz CT molecular complexity index is 4320. The fourth-order valence-electron chi connectivity index (χ4n) is 10.9. The molecule has 0 saturated heterocycles. The number of benzene rings is 11. The lowest BCUT2D eigenvalue weighted by molar-refractivity contribution is 1.07. The van der Waals surface area contributed by atoms with E-state index in [4.69, 9.17) is 15.0 Å². The maximum absolute atomic E-state index is 5.45. The van der Waals surface area contributed by atoms with Crippen LogP contribution in [0.3, 0.4) is 0 Å². The Labute approximate surface area is 432 Å². The predicted molar refractivity (Wildman–Crippen MR) is 311 cm³/mol. The molecule has 346 valence electrons. The Morgan fingerprint density at radius 2 is 0.757 bits per heavy atom. The number of thiophene rings is 1. The van der Waals surface area contributed by atoms with Gasteiger partial charge in [0.05, 0.1) is 11.0 Å². The first-order chi connectivity index (χ1) is 36.7. The van der Waals surface area contributed by atoms with E-state index in [-0.39, 0.29) is 0 Å². The van der Waals surface area contributed by atoms with E-state index < -0.39 is 0 Å². The molecule has 14 aromatic rings. The second kappa shape index (κ2) is 18.2. The lowest BCUT2D eigenvalue weighted by Gasteiger charge is -2.22. The van der Waals surface area contributed by atoms with Crippen LogP contribution in [0.2, 0.25) is 0 Å². The molecule has 0 atom stereocenters. The molecule has 0 aliphatic heterocycles. The van der Waals surface area contributed by atoms with Crippen molar-refractivity contribution < 1.29 is 0 Å². The minimum Gasteiger partial charge on any atom is -0.309 e. The molecule has 0 aliphatic rings. The van der Waals surface area contributed by atoms with Gasteiger partial charge in [0.1, 0.15) is 0 Å². The van der Waals surface area contributed by atoms with Crippen LogP contribution in [0.1, 0.15) is 0 Å². The molecule has 5 heteroatoms. The van der Waals surface area contributed by atoms with Gasteiger partial charge in [-0.3, -0.25) is 0 Å². The summed E-state index contributed by atoms with van der Waals surface area (Å²) in [6.07, 6.45) is 0. The maximum Gasteiger partial charge on any atom is 0.164 e. The second-order valence-electron chi connectivity index (χ2n) is 18.6. The topological polar surface area (TPSA) is 43.6 Å². The highest BCUT2D eigenvalue weighted by Crippen LogP contribution is 2.50. The van der Waals surface area contributed by atoms with Crippen LogP contribution in [0.25, 0.3) is 137 Å². The Hall–Kier alpha value is -9.55. The van der Waals surface area contributed by atoms with Gasteiger partial charge in [0.15, 0.2) is 17.5 Å². The van der Waals surface area contributed by atoms with E-state index in [0.29, 0.717) is 17.5 Å². The normalized spacial score (nSPS) is 11.5. The Morgan fingerprint density at radius 3 is 1.36 bits per heavy atom. The van der Waals surface area contributed by atoms with Crippen molar-refractivity contribution in [3.05, 3.63) is 267 Å². The first-order valence-corrected chi connectivity index (χ1v) is 25.8. The zero-order chi connectivity index (χ0) is 49.0. The molecule has 3 heterocycles. The minimum atomic E-state index is 0.600. The van der Waals surface area contributed by atoms with Gasteiger partial charge in [-0.25, -0.2) is 15.0 Å². The first-order valence-electron chi connectivity index (χ1n) is 25.0. The largest absolute Gasteiger partial charge is 0.309 e. The van der Waals surface area contributed by atoms with Crippen molar-refractivity contribution in [3.8, 4) is 95.5 Å². The van der Waals surface area contributed by atoms with E-state index in [2.05, 4.69) is 235 Å². The molecule has 0 aliphatic carbocycles. The average molecular weight is 961 g/mol. The van der Waals surface area contributed by atoms with Crippen molar-refractivity contribution in [3.63, 3.8) is 0 Å². The lowest BCUT2D eigenvalue weighted by atomic mass is 9.82. The van der Waals surface area contributed by atoms with Gasteiger partial charge in [0.2, 0.25) is 0 Å². The Morgan fingerprint density at radius 1 is 0.270 bits per heavy atom. The number of hydrogen-bond donors (Lipinski definition) is 0. The number of nitrogens with zero attached hydrogens (tertiary/aromatic N) is 4. The number of para-hydroxylation sites is 2. The van der Waals surface area contributed by atoms with Crippen LogP contribution in [0, 0.1) is 0 Å². The fourth-order valence-corrected chi connectivity index (χ4v) is 12.2. The summed E-state index contributed by atoms with van der Waals surface area (Å²) < 4.78 is 4.86. The first kappa shape index (κ1) is 43.3. The molecule has 4 nitrogen and oxygen atoms in total. The molecule has 0 N–H and O–H groups in total. The molecule has 0 spiro atoms. The van der Waals surface area contributed by atoms with E-state index in [9.17, 15) is 0 Å². The fraction of sp³-hybridized carbons (Fsp3) is 0. The molecule has 11 aromatic carbocycles. The number of rotatable bonds is 9. The quantitative estimate of drug-likeness (QED) is 0.145. The third-order valence-corrected chi connectivity index (χ3v) is 15.5. The molecular formula is C69H44N4S. The highest BCUT2D eigenvalue weighted by atomic mass is 32.1. The highest BCUT2D eigenvalue weighted by Gasteiger charge is 2.24. The van der Waals surface area contributed by atoms with Gasteiger partial charge < -0.3 is 4.57 Å². The standard InChI is InChI=1S/C69H44N4S/c1-7-22-45(23-8-1)52-40-41-53(46-24-9-2-10-25-46)65(64(52)47-26-11-3-12-27-47)50-38-39-54(60(42-50)69-71-67(48-28-13-4-14-29-48)70-68(72-69)49-30-15-5-16-31-49)56-35-21-36-57-59-43-62-58(44-63(59)74-66(56)57)55-34-19-20-37-61(55)73(62)51-32-17-6-18-33-51/h1-44H. The predicted octanol–water partition coefficient (Wildman–Crippen LogP) is 18.7. The van der Waals surface area contributed by atoms with Crippen LogP contribution in [0.4, 0.5) is 0 Å². The van der Waals surface area contributed by atoms with Gasteiger partial charge in [0, 0.05) is 58.9 Å². The second-order valence-corrected chi connectivity index (χ2v) is 19.7. The third-order valence-electron chi connectivity index (χ3n) is 14.3. The van der Waals surface area contributed by atoms with Crippen LogP contribution in [0.5, 0.6) is 0 Å².